The number of Topliss-reactive ketones (excluding diaryl/α,β-unsaturated/α-hetero) is 1. The predicted molar refractivity (Wildman–Crippen MR) is 70.8 cm³/mol. The molecule has 0 fully saturated rings. The van der Waals surface area contributed by atoms with E-state index >= 15 is 0 Å². The Bertz CT molecular complexity index is 483. The Labute approximate surface area is 113 Å². The van der Waals surface area contributed by atoms with Crippen LogP contribution in [0.2, 0.25) is 0 Å². The number of esters is 1. The van der Waals surface area contributed by atoms with Crippen LogP contribution in [-0.4, -0.2) is 36.6 Å². The van der Waals surface area contributed by atoms with Crippen molar-refractivity contribution >= 4 is 33.4 Å². The molecule has 6 heteroatoms. The van der Waals surface area contributed by atoms with Crippen LogP contribution < -0.4 is 0 Å². The first-order valence-electron chi connectivity index (χ1n) is 5.18. The standard InChI is InChI=1S/C12H13BrN2O3/c1-7(14-2)10(12(17)18-3)11(16)9-5-4-8(13)6-15-9/h4-6,10H,1-3H3/b14-7+. The van der Waals surface area contributed by atoms with Gasteiger partial charge >= 0.3 is 5.97 Å². The highest BCUT2D eigenvalue weighted by atomic mass is 79.9. The average molecular weight is 313 g/mol. The molecule has 1 aromatic rings. The fraction of sp³-hybridized carbons (Fsp3) is 0.333. The monoisotopic (exact) mass is 312 g/mol. The number of ether oxygens (including phenoxy) is 1. The lowest BCUT2D eigenvalue weighted by Crippen LogP contribution is -2.32. The van der Waals surface area contributed by atoms with E-state index in [-0.39, 0.29) is 5.69 Å². The van der Waals surface area contributed by atoms with Crippen LogP contribution in [0.1, 0.15) is 17.4 Å². The molecule has 0 amide bonds. The average Bonchev–Trinajstić information content (AvgIpc) is 2.39. The number of aromatic nitrogens is 1. The second-order valence-electron chi connectivity index (χ2n) is 3.55. The third-order valence-corrected chi connectivity index (χ3v) is 2.92. The van der Waals surface area contributed by atoms with Crippen molar-refractivity contribution in [3.8, 4) is 0 Å². The quantitative estimate of drug-likeness (QED) is 0.368. The zero-order valence-electron chi connectivity index (χ0n) is 10.3. The van der Waals surface area contributed by atoms with Crippen LogP contribution in [-0.2, 0) is 9.53 Å². The predicted octanol–water partition coefficient (Wildman–Crippen LogP) is 1.91. The molecular weight excluding hydrogens is 300 g/mol. The first-order chi connectivity index (χ1) is 8.51. The summed E-state index contributed by atoms with van der Waals surface area (Å²) in [5.74, 6) is -2.08. The number of pyridine rings is 1. The van der Waals surface area contributed by atoms with Gasteiger partial charge in [-0.25, -0.2) is 0 Å². The molecular formula is C12H13BrN2O3. The fourth-order valence-electron chi connectivity index (χ4n) is 1.38. The molecule has 1 rings (SSSR count). The fourth-order valence-corrected chi connectivity index (χ4v) is 1.62. The van der Waals surface area contributed by atoms with Crippen molar-refractivity contribution in [1.29, 1.82) is 0 Å². The molecule has 0 aliphatic carbocycles. The number of halogens is 1. The van der Waals surface area contributed by atoms with Gasteiger partial charge in [-0.15, -0.1) is 0 Å². The molecule has 0 aromatic carbocycles. The van der Waals surface area contributed by atoms with Gasteiger partial charge in [-0.1, -0.05) is 0 Å². The van der Waals surface area contributed by atoms with Crippen molar-refractivity contribution in [3.63, 3.8) is 0 Å². The zero-order valence-corrected chi connectivity index (χ0v) is 11.9. The molecule has 0 radical (unpaired) electrons. The number of aliphatic imine (C=N–C) groups is 1. The van der Waals surface area contributed by atoms with E-state index in [2.05, 4.69) is 30.6 Å². The number of carbonyl (C=O) groups excluding carboxylic acids is 2. The van der Waals surface area contributed by atoms with E-state index in [0.29, 0.717) is 5.71 Å². The lowest BCUT2D eigenvalue weighted by Gasteiger charge is -2.12. The van der Waals surface area contributed by atoms with Crippen molar-refractivity contribution < 1.29 is 14.3 Å². The second-order valence-corrected chi connectivity index (χ2v) is 4.46. The molecule has 1 aromatic heterocycles. The first kappa shape index (κ1) is 14.5. The summed E-state index contributed by atoms with van der Waals surface area (Å²) in [5, 5.41) is 0. The minimum absolute atomic E-state index is 0.205. The number of rotatable bonds is 4. The van der Waals surface area contributed by atoms with Crippen LogP contribution in [0.15, 0.2) is 27.8 Å². The molecule has 0 spiro atoms. The molecule has 0 aliphatic heterocycles. The maximum Gasteiger partial charge on any atom is 0.322 e. The van der Waals surface area contributed by atoms with Crippen molar-refractivity contribution in [2.24, 2.45) is 10.9 Å². The Balaban J connectivity index is 3.10. The van der Waals surface area contributed by atoms with Gasteiger partial charge in [0.25, 0.3) is 0 Å². The zero-order chi connectivity index (χ0) is 13.7. The number of methoxy groups -OCH3 is 1. The van der Waals surface area contributed by atoms with Crippen molar-refractivity contribution in [2.75, 3.05) is 14.2 Å². The summed E-state index contributed by atoms with van der Waals surface area (Å²) < 4.78 is 5.38. The molecule has 0 aliphatic rings. The Kier molecular flexibility index (Phi) is 5.15. The minimum Gasteiger partial charge on any atom is -0.468 e. The number of hydrogen-bond donors (Lipinski definition) is 0. The van der Waals surface area contributed by atoms with Crippen LogP contribution in [0.4, 0.5) is 0 Å². The highest BCUT2D eigenvalue weighted by Gasteiger charge is 2.31. The van der Waals surface area contributed by atoms with Gasteiger partial charge in [-0.2, -0.15) is 0 Å². The van der Waals surface area contributed by atoms with Crippen LogP contribution in [0, 0.1) is 5.92 Å². The van der Waals surface area contributed by atoms with E-state index in [0.717, 1.165) is 4.47 Å². The second kappa shape index (κ2) is 6.39. The third kappa shape index (κ3) is 3.22. The van der Waals surface area contributed by atoms with Gasteiger partial charge in [0.15, 0.2) is 5.92 Å². The lowest BCUT2D eigenvalue weighted by atomic mass is 9.96. The molecule has 1 atom stereocenters. The molecule has 0 bridgehead atoms. The van der Waals surface area contributed by atoms with Crippen LogP contribution >= 0.6 is 15.9 Å². The minimum atomic E-state index is -1.03. The summed E-state index contributed by atoms with van der Waals surface area (Å²) in [7, 11) is 2.76. The SMILES string of the molecule is C/N=C(\C)C(C(=O)OC)C(=O)c1ccc(Br)cn1. The summed E-state index contributed by atoms with van der Waals surface area (Å²) in [6.07, 6.45) is 1.50. The Morgan fingerprint density at radius 2 is 2.11 bits per heavy atom. The van der Waals surface area contributed by atoms with E-state index in [1.54, 1.807) is 19.1 Å². The summed E-state index contributed by atoms with van der Waals surface area (Å²) >= 11 is 3.23. The summed E-state index contributed by atoms with van der Waals surface area (Å²) in [6.45, 7) is 1.61. The van der Waals surface area contributed by atoms with Gasteiger partial charge < -0.3 is 4.74 Å². The highest BCUT2D eigenvalue weighted by molar-refractivity contribution is 9.10. The van der Waals surface area contributed by atoms with Crippen molar-refractivity contribution in [3.05, 3.63) is 28.5 Å². The van der Waals surface area contributed by atoms with E-state index in [4.69, 9.17) is 0 Å². The van der Waals surface area contributed by atoms with Crippen LogP contribution in [0.3, 0.4) is 0 Å². The van der Waals surface area contributed by atoms with E-state index in [1.165, 1.54) is 20.4 Å². The van der Waals surface area contributed by atoms with E-state index in [9.17, 15) is 9.59 Å². The summed E-state index contributed by atoms with van der Waals surface area (Å²) in [5.41, 5.74) is 0.605. The van der Waals surface area contributed by atoms with Crippen LogP contribution in [0.25, 0.3) is 0 Å². The molecule has 5 nitrogen and oxygen atoms in total. The van der Waals surface area contributed by atoms with E-state index < -0.39 is 17.7 Å². The Hall–Kier alpha value is -1.56. The van der Waals surface area contributed by atoms with Crippen molar-refractivity contribution in [1.82, 2.24) is 4.98 Å². The van der Waals surface area contributed by atoms with Gasteiger partial charge in [0.2, 0.25) is 5.78 Å². The normalized spacial score (nSPS) is 13.0. The largest absolute Gasteiger partial charge is 0.468 e. The Morgan fingerprint density at radius 1 is 1.44 bits per heavy atom. The van der Waals surface area contributed by atoms with Crippen LogP contribution in [0.5, 0.6) is 0 Å². The van der Waals surface area contributed by atoms with Gasteiger partial charge in [0.05, 0.1) is 7.11 Å². The lowest BCUT2D eigenvalue weighted by molar-refractivity contribution is -0.141. The molecule has 0 saturated carbocycles. The number of nitrogens with zero attached hydrogens (tertiary/aromatic N) is 2. The maximum absolute atomic E-state index is 12.2. The van der Waals surface area contributed by atoms with Gasteiger partial charge in [-0.05, 0) is 35.0 Å². The number of carbonyl (C=O) groups is 2. The first-order valence-corrected chi connectivity index (χ1v) is 5.97. The van der Waals surface area contributed by atoms with Crippen molar-refractivity contribution in [2.45, 2.75) is 6.92 Å². The maximum atomic E-state index is 12.2. The molecule has 1 heterocycles. The third-order valence-electron chi connectivity index (χ3n) is 2.45. The highest BCUT2D eigenvalue weighted by Crippen LogP contribution is 2.14. The van der Waals surface area contributed by atoms with E-state index in [1.807, 2.05) is 0 Å². The van der Waals surface area contributed by atoms with Gasteiger partial charge in [0.1, 0.15) is 5.69 Å². The van der Waals surface area contributed by atoms with Gasteiger partial charge in [0, 0.05) is 23.4 Å². The topological polar surface area (TPSA) is 68.6 Å². The molecule has 0 N–H and O–H groups in total. The number of ketones is 1. The number of hydrogen-bond acceptors (Lipinski definition) is 5. The molecule has 1 unspecified atom stereocenters. The molecule has 0 saturated heterocycles. The summed E-state index contributed by atoms with van der Waals surface area (Å²) in [4.78, 5) is 31.7. The van der Waals surface area contributed by atoms with Gasteiger partial charge in [-0.3, -0.25) is 19.6 Å². The molecule has 96 valence electrons. The summed E-state index contributed by atoms with van der Waals surface area (Å²) in [6, 6.07) is 3.23. The smallest absolute Gasteiger partial charge is 0.322 e. The Morgan fingerprint density at radius 3 is 2.56 bits per heavy atom. The molecule has 18 heavy (non-hydrogen) atoms.